The largest absolute Gasteiger partial charge is 0.481 e. The topological polar surface area (TPSA) is 87.6 Å². The molecule has 2 rings (SSSR count). The number of aromatic nitrogens is 1. The molecule has 1 aliphatic rings. The van der Waals surface area contributed by atoms with Gasteiger partial charge >= 0.3 is 5.97 Å². The number of nitrogens with zero attached hydrogens (tertiary/aromatic N) is 2. The molecule has 0 aromatic carbocycles. The van der Waals surface area contributed by atoms with Gasteiger partial charge in [0.2, 0.25) is 5.91 Å². The average Bonchev–Trinajstić information content (AvgIpc) is 2.39. The Kier molecular flexibility index (Phi) is 3.36. The number of carboxylic acids is 1. The Bertz CT molecular complexity index is 486. The van der Waals surface area contributed by atoms with Gasteiger partial charge in [-0.2, -0.15) is 0 Å². The Morgan fingerprint density at radius 3 is 2.83 bits per heavy atom. The molecule has 2 amide bonds. The number of pyridine rings is 1. The van der Waals surface area contributed by atoms with E-state index in [0.717, 1.165) is 4.90 Å². The van der Waals surface area contributed by atoms with Gasteiger partial charge in [0.05, 0.1) is 11.5 Å². The molecule has 1 N–H and O–H groups in total. The van der Waals surface area contributed by atoms with Gasteiger partial charge in [0, 0.05) is 25.4 Å². The van der Waals surface area contributed by atoms with Gasteiger partial charge < -0.3 is 5.11 Å². The number of aliphatic carboxylic acids is 1. The fraction of sp³-hybridized carbons (Fsp3) is 0.333. The van der Waals surface area contributed by atoms with Crippen LogP contribution in [0.2, 0.25) is 0 Å². The number of carbonyl (C=O) groups excluding carboxylic acids is 2. The van der Waals surface area contributed by atoms with Crippen molar-refractivity contribution in [2.45, 2.75) is 12.8 Å². The second-order valence-electron chi connectivity index (χ2n) is 4.13. The predicted molar refractivity (Wildman–Crippen MR) is 60.6 cm³/mol. The Hall–Kier alpha value is -2.24. The molecule has 0 saturated carbocycles. The summed E-state index contributed by atoms with van der Waals surface area (Å²) in [6.07, 6.45) is 3.25. The van der Waals surface area contributed by atoms with Crippen LogP contribution in [0.15, 0.2) is 24.5 Å². The van der Waals surface area contributed by atoms with Crippen molar-refractivity contribution in [1.29, 1.82) is 0 Å². The number of likely N-dealkylation sites (tertiary alicyclic amines) is 1. The molecule has 94 valence electrons. The Morgan fingerprint density at radius 2 is 2.22 bits per heavy atom. The van der Waals surface area contributed by atoms with E-state index in [9.17, 15) is 14.4 Å². The summed E-state index contributed by atoms with van der Waals surface area (Å²) in [6.45, 7) is -0.0676. The zero-order valence-corrected chi connectivity index (χ0v) is 9.57. The number of amides is 2. The lowest BCUT2D eigenvalue weighted by Crippen LogP contribution is -2.45. The molecule has 6 nitrogen and oxygen atoms in total. The molecular weight excluding hydrogens is 236 g/mol. The van der Waals surface area contributed by atoms with E-state index in [-0.39, 0.29) is 30.9 Å². The number of carboxylic acid groups (broad SMARTS) is 1. The molecule has 1 unspecified atom stereocenters. The average molecular weight is 248 g/mol. The summed E-state index contributed by atoms with van der Waals surface area (Å²) in [5, 5.41) is 8.93. The van der Waals surface area contributed by atoms with E-state index in [1.807, 2.05) is 0 Å². The van der Waals surface area contributed by atoms with Crippen molar-refractivity contribution < 1.29 is 19.5 Å². The fourth-order valence-electron chi connectivity index (χ4n) is 1.89. The fourth-order valence-corrected chi connectivity index (χ4v) is 1.89. The van der Waals surface area contributed by atoms with Gasteiger partial charge in [-0.1, -0.05) is 0 Å². The molecule has 1 aliphatic heterocycles. The summed E-state index contributed by atoms with van der Waals surface area (Å²) in [4.78, 5) is 39.4. The van der Waals surface area contributed by atoms with Crippen molar-refractivity contribution in [2.24, 2.45) is 5.92 Å². The van der Waals surface area contributed by atoms with Gasteiger partial charge in [-0.15, -0.1) is 0 Å². The van der Waals surface area contributed by atoms with Crippen LogP contribution < -0.4 is 0 Å². The van der Waals surface area contributed by atoms with Crippen LogP contribution in [0.3, 0.4) is 0 Å². The number of hydrogen-bond donors (Lipinski definition) is 1. The van der Waals surface area contributed by atoms with Crippen LogP contribution in [0.25, 0.3) is 0 Å². The molecule has 0 spiro atoms. The van der Waals surface area contributed by atoms with E-state index in [2.05, 4.69) is 4.98 Å². The van der Waals surface area contributed by atoms with Gasteiger partial charge in [0.25, 0.3) is 5.91 Å². The van der Waals surface area contributed by atoms with E-state index in [4.69, 9.17) is 5.11 Å². The quantitative estimate of drug-likeness (QED) is 0.772. The van der Waals surface area contributed by atoms with Crippen molar-refractivity contribution >= 4 is 17.8 Å². The molecule has 6 heteroatoms. The number of carbonyl (C=O) groups is 3. The lowest BCUT2D eigenvalue weighted by Gasteiger charge is -2.28. The van der Waals surface area contributed by atoms with E-state index < -0.39 is 17.8 Å². The maximum atomic E-state index is 12.1. The maximum absolute atomic E-state index is 12.1. The summed E-state index contributed by atoms with van der Waals surface area (Å²) >= 11 is 0. The van der Waals surface area contributed by atoms with Crippen molar-refractivity contribution in [1.82, 2.24) is 9.88 Å². The number of rotatable bonds is 2. The van der Waals surface area contributed by atoms with Gasteiger partial charge in [-0.05, 0) is 18.6 Å². The molecular formula is C12H12N2O4. The number of piperidine rings is 1. The lowest BCUT2D eigenvalue weighted by molar-refractivity contribution is -0.145. The summed E-state index contributed by atoms with van der Waals surface area (Å²) in [5.41, 5.74) is 0.289. The van der Waals surface area contributed by atoms with Gasteiger partial charge in [-0.3, -0.25) is 24.3 Å². The molecule has 2 heterocycles. The maximum Gasteiger partial charge on any atom is 0.308 e. The normalized spacial score (nSPS) is 19.7. The minimum Gasteiger partial charge on any atom is -0.481 e. The smallest absolute Gasteiger partial charge is 0.308 e. The van der Waals surface area contributed by atoms with Crippen molar-refractivity contribution in [3.8, 4) is 0 Å². The molecule has 1 aromatic rings. The van der Waals surface area contributed by atoms with Crippen molar-refractivity contribution in [2.75, 3.05) is 6.54 Å². The summed E-state index contributed by atoms with van der Waals surface area (Å²) in [6, 6.07) is 3.14. The highest BCUT2D eigenvalue weighted by molar-refractivity contribution is 6.05. The highest BCUT2D eigenvalue weighted by atomic mass is 16.4. The Morgan fingerprint density at radius 1 is 1.44 bits per heavy atom. The van der Waals surface area contributed by atoms with Crippen LogP contribution in [-0.4, -0.2) is 39.3 Å². The van der Waals surface area contributed by atoms with Crippen molar-refractivity contribution in [3.05, 3.63) is 30.1 Å². The number of imide groups is 1. The van der Waals surface area contributed by atoms with Crippen LogP contribution in [0.1, 0.15) is 23.2 Å². The summed E-state index contributed by atoms with van der Waals surface area (Å²) in [5.74, 6) is -2.48. The molecule has 1 atom stereocenters. The second kappa shape index (κ2) is 4.95. The van der Waals surface area contributed by atoms with E-state index in [0.29, 0.717) is 0 Å². The molecule has 1 saturated heterocycles. The molecule has 1 fully saturated rings. The minimum atomic E-state index is -0.980. The monoisotopic (exact) mass is 248 g/mol. The first kappa shape index (κ1) is 12.2. The van der Waals surface area contributed by atoms with E-state index in [1.165, 1.54) is 12.4 Å². The summed E-state index contributed by atoms with van der Waals surface area (Å²) < 4.78 is 0. The first-order chi connectivity index (χ1) is 8.59. The standard InChI is InChI=1S/C12H12N2O4/c15-10-4-3-9(12(17)18)7-14(10)11(16)8-2-1-5-13-6-8/h1-2,5-6,9H,3-4,7H2,(H,17,18). The summed E-state index contributed by atoms with van der Waals surface area (Å²) in [7, 11) is 0. The highest BCUT2D eigenvalue weighted by Gasteiger charge is 2.34. The first-order valence-corrected chi connectivity index (χ1v) is 5.57. The van der Waals surface area contributed by atoms with Crippen LogP contribution in [0, 0.1) is 5.92 Å². The molecule has 0 bridgehead atoms. The van der Waals surface area contributed by atoms with Gasteiger partial charge in [0.1, 0.15) is 0 Å². The molecule has 0 radical (unpaired) electrons. The zero-order valence-electron chi connectivity index (χ0n) is 9.57. The molecule has 1 aromatic heterocycles. The Labute approximate surface area is 103 Å². The van der Waals surface area contributed by atoms with E-state index in [1.54, 1.807) is 12.1 Å². The van der Waals surface area contributed by atoms with E-state index >= 15 is 0 Å². The third kappa shape index (κ3) is 2.37. The van der Waals surface area contributed by atoms with Crippen LogP contribution in [0.5, 0.6) is 0 Å². The minimum absolute atomic E-state index is 0.0676. The third-order valence-corrected chi connectivity index (χ3v) is 2.91. The SMILES string of the molecule is O=C(O)C1CCC(=O)N(C(=O)c2cccnc2)C1. The predicted octanol–water partition coefficient (Wildman–Crippen LogP) is 0.545. The third-order valence-electron chi connectivity index (χ3n) is 2.91. The van der Waals surface area contributed by atoms with Crippen LogP contribution >= 0.6 is 0 Å². The first-order valence-electron chi connectivity index (χ1n) is 5.57. The molecule has 18 heavy (non-hydrogen) atoms. The van der Waals surface area contributed by atoms with Gasteiger partial charge in [-0.25, -0.2) is 0 Å². The Balaban J connectivity index is 2.18. The second-order valence-corrected chi connectivity index (χ2v) is 4.13. The van der Waals surface area contributed by atoms with Crippen LogP contribution in [-0.2, 0) is 9.59 Å². The highest BCUT2D eigenvalue weighted by Crippen LogP contribution is 2.19. The number of hydrogen-bond acceptors (Lipinski definition) is 4. The lowest BCUT2D eigenvalue weighted by atomic mass is 9.97. The zero-order chi connectivity index (χ0) is 13.1. The van der Waals surface area contributed by atoms with Crippen LogP contribution in [0.4, 0.5) is 0 Å². The van der Waals surface area contributed by atoms with Crippen molar-refractivity contribution in [3.63, 3.8) is 0 Å². The molecule has 0 aliphatic carbocycles. The van der Waals surface area contributed by atoms with Gasteiger partial charge in [0.15, 0.2) is 0 Å².